The first-order chi connectivity index (χ1) is 12.1. The summed E-state index contributed by atoms with van der Waals surface area (Å²) in [6.45, 7) is 2.25. The van der Waals surface area contributed by atoms with Gasteiger partial charge in [0.2, 0.25) is 0 Å². The lowest BCUT2D eigenvalue weighted by molar-refractivity contribution is 0.0946. The summed E-state index contributed by atoms with van der Waals surface area (Å²) in [5, 5.41) is 9.99. The lowest BCUT2D eigenvalue weighted by Crippen LogP contribution is -2.26. The first-order valence-corrected chi connectivity index (χ1v) is 7.83. The van der Waals surface area contributed by atoms with Crippen LogP contribution in [0, 0.1) is 6.92 Å². The molecule has 2 aromatic heterocycles. The fraction of sp³-hybridized carbons (Fsp3) is 0.111. The topological polar surface area (TPSA) is 104 Å². The molecule has 7 nitrogen and oxygen atoms in total. The Labute approximate surface area is 142 Å². The molecule has 0 spiro atoms. The number of aromatic amines is 2. The second-order valence-electron chi connectivity index (χ2n) is 5.83. The van der Waals surface area contributed by atoms with Gasteiger partial charge in [0.05, 0.1) is 23.0 Å². The van der Waals surface area contributed by atoms with Crippen LogP contribution in [-0.2, 0) is 6.54 Å². The third-order valence-electron chi connectivity index (χ3n) is 4.01. The number of nitrogens with zero attached hydrogens (tertiary/aromatic N) is 2. The molecule has 0 bridgehead atoms. The van der Waals surface area contributed by atoms with Gasteiger partial charge in [0, 0.05) is 5.39 Å². The molecule has 1 amide bonds. The minimum absolute atomic E-state index is 0.183. The van der Waals surface area contributed by atoms with E-state index in [1.165, 1.54) is 0 Å². The number of rotatable bonds is 3. The highest BCUT2D eigenvalue weighted by Crippen LogP contribution is 2.14. The monoisotopic (exact) mass is 333 g/mol. The maximum Gasteiger partial charge on any atom is 0.272 e. The maximum absolute atomic E-state index is 12.5. The van der Waals surface area contributed by atoms with Gasteiger partial charge in [-0.15, -0.1) is 0 Å². The fourth-order valence-corrected chi connectivity index (χ4v) is 2.80. The molecule has 4 rings (SSSR count). The van der Waals surface area contributed by atoms with E-state index < -0.39 is 0 Å². The van der Waals surface area contributed by atoms with Gasteiger partial charge in [-0.2, -0.15) is 5.10 Å². The number of hydrogen-bond donors (Lipinski definition) is 3. The van der Waals surface area contributed by atoms with Crippen LogP contribution < -0.4 is 10.9 Å². The Hall–Kier alpha value is -3.48. The van der Waals surface area contributed by atoms with Crippen LogP contribution in [0.2, 0.25) is 0 Å². The molecule has 0 aliphatic rings. The van der Waals surface area contributed by atoms with Crippen molar-refractivity contribution in [1.82, 2.24) is 25.5 Å². The number of aromatic nitrogens is 4. The third-order valence-corrected chi connectivity index (χ3v) is 4.01. The zero-order chi connectivity index (χ0) is 17.4. The van der Waals surface area contributed by atoms with Gasteiger partial charge < -0.3 is 10.3 Å². The largest absolute Gasteiger partial charge is 0.343 e. The Morgan fingerprint density at radius 1 is 1.16 bits per heavy atom. The molecule has 25 heavy (non-hydrogen) atoms. The van der Waals surface area contributed by atoms with Gasteiger partial charge in [-0.3, -0.25) is 9.59 Å². The molecule has 0 radical (unpaired) electrons. The van der Waals surface area contributed by atoms with Crippen molar-refractivity contribution in [2.75, 3.05) is 0 Å². The van der Waals surface area contributed by atoms with Gasteiger partial charge in [0.1, 0.15) is 5.82 Å². The summed E-state index contributed by atoms with van der Waals surface area (Å²) in [5.41, 5.74) is 2.77. The van der Waals surface area contributed by atoms with Gasteiger partial charge in [-0.1, -0.05) is 24.3 Å². The summed E-state index contributed by atoms with van der Waals surface area (Å²) >= 11 is 0. The standard InChI is InChI=1S/C18H15N5O2/c1-10-6-7-13-14(8-10)21-15(20-13)9-19-18(25)16-11-4-2-3-5-12(11)17(24)23-22-16/h2-8H,9H2,1H3,(H,19,25)(H,20,21)(H,23,24). The molecule has 0 aliphatic carbocycles. The van der Waals surface area contributed by atoms with E-state index in [1.807, 2.05) is 25.1 Å². The SMILES string of the molecule is Cc1ccc2nc(CNC(=O)c3n[nH]c(=O)c4ccccc34)[nH]c2c1. The van der Waals surface area contributed by atoms with Gasteiger partial charge in [-0.05, 0) is 30.7 Å². The highest BCUT2D eigenvalue weighted by molar-refractivity contribution is 6.04. The predicted molar refractivity (Wildman–Crippen MR) is 94.4 cm³/mol. The molecule has 0 aliphatic heterocycles. The Morgan fingerprint density at radius 3 is 2.80 bits per heavy atom. The number of imidazole rings is 1. The van der Waals surface area contributed by atoms with Crippen LogP contribution in [0.1, 0.15) is 21.9 Å². The van der Waals surface area contributed by atoms with Crippen molar-refractivity contribution in [2.45, 2.75) is 13.5 Å². The van der Waals surface area contributed by atoms with Crippen LogP contribution in [-0.4, -0.2) is 26.1 Å². The number of H-pyrrole nitrogens is 2. The van der Waals surface area contributed by atoms with Crippen molar-refractivity contribution in [2.24, 2.45) is 0 Å². The number of hydrogen-bond acceptors (Lipinski definition) is 4. The Morgan fingerprint density at radius 2 is 1.96 bits per heavy atom. The maximum atomic E-state index is 12.5. The molecule has 124 valence electrons. The van der Waals surface area contributed by atoms with Gasteiger partial charge in [-0.25, -0.2) is 10.1 Å². The molecule has 0 saturated heterocycles. The average Bonchev–Trinajstić information content (AvgIpc) is 3.02. The van der Waals surface area contributed by atoms with E-state index in [4.69, 9.17) is 0 Å². The number of carbonyl (C=O) groups excluding carboxylic acids is 1. The smallest absolute Gasteiger partial charge is 0.272 e. The zero-order valence-electron chi connectivity index (χ0n) is 13.5. The van der Waals surface area contributed by atoms with E-state index in [2.05, 4.69) is 25.5 Å². The normalized spacial score (nSPS) is 11.1. The minimum Gasteiger partial charge on any atom is -0.343 e. The number of nitrogens with one attached hydrogen (secondary N) is 3. The third kappa shape index (κ3) is 2.76. The second-order valence-corrected chi connectivity index (χ2v) is 5.83. The first-order valence-electron chi connectivity index (χ1n) is 7.83. The lowest BCUT2D eigenvalue weighted by atomic mass is 10.1. The highest BCUT2D eigenvalue weighted by atomic mass is 16.2. The van der Waals surface area contributed by atoms with E-state index in [9.17, 15) is 9.59 Å². The summed E-state index contributed by atoms with van der Waals surface area (Å²) in [4.78, 5) is 31.9. The highest BCUT2D eigenvalue weighted by Gasteiger charge is 2.14. The Bertz CT molecular complexity index is 1160. The number of aryl methyl sites for hydroxylation is 1. The van der Waals surface area contributed by atoms with Gasteiger partial charge in [0.15, 0.2) is 5.69 Å². The predicted octanol–water partition coefficient (Wildman–Crippen LogP) is 2.04. The molecule has 2 aromatic carbocycles. The summed E-state index contributed by atoms with van der Waals surface area (Å²) < 4.78 is 0. The fourth-order valence-electron chi connectivity index (χ4n) is 2.80. The number of amides is 1. The van der Waals surface area contributed by atoms with E-state index in [1.54, 1.807) is 24.3 Å². The van der Waals surface area contributed by atoms with Crippen molar-refractivity contribution >= 4 is 27.7 Å². The average molecular weight is 333 g/mol. The molecule has 3 N–H and O–H groups in total. The Kier molecular flexibility index (Phi) is 3.53. The summed E-state index contributed by atoms with van der Waals surface area (Å²) in [6, 6.07) is 12.8. The Balaban J connectivity index is 1.60. The van der Waals surface area contributed by atoms with E-state index in [0.717, 1.165) is 16.6 Å². The van der Waals surface area contributed by atoms with Crippen LogP contribution in [0.15, 0.2) is 47.3 Å². The molecule has 7 heteroatoms. The zero-order valence-corrected chi connectivity index (χ0v) is 13.5. The van der Waals surface area contributed by atoms with Crippen molar-refractivity contribution < 1.29 is 4.79 Å². The molecule has 0 saturated carbocycles. The number of fused-ring (bicyclic) bond motifs is 2. The van der Waals surface area contributed by atoms with Crippen LogP contribution in [0.5, 0.6) is 0 Å². The van der Waals surface area contributed by atoms with Crippen molar-refractivity contribution in [3.8, 4) is 0 Å². The number of carbonyl (C=O) groups is 1. The van der Waals surface area contributed by atoms with E-state index in [0.29, 0.717) is 16.6 Å². The lowest BCUT2D eigenvalue weighted by Gasteiger charge is -2.05. The second kappa shape index (κ2) is 5.86. The minimum atomic E-state index is -0.371. The van der Waals surface area contributed by atoms with Crippen molar-refractivity contribution in [3.63, 3.8) is 0 Å². The van der Waals surface area contributed by atoms with Crippen LogP contribution >= 0.6 is 0 Å². The molecular weight excluding hydrogens is 318 g/mol. The summed E-state index contributed by atoms with van der Waals surface area (Å²) in [7, 11) is 0. The van der Waals surface area contributed by atoms with Gasteiger partial charge in [0.25, 0.3) is 11.5 Å². The summed E-state index contributed by atoms with van der Waals surface area (Å²) in [6.07, 6.45) is 0. The molecule has 0 unspecified atom stereocenters. The summed E-state index contributed by atoms with van der Waals surface area (Å²) in [5.74, 6) is 0.284. The van der Waals surface area contributed by atoms with Crippen LogP contribution in [0.3, 0.4) is 0 Å². The quantitative estimate of drug-likeness (QED) is 0.534. The molecule has 4 aromatic rings. The van der Waals surface area contributed by atoms with E-state index >= 15 is 0 Å². The van der Waals surface area contributed by atoms with Crippen molar-refractivity contribution in [1.29, 1.82) is 0 Å². The van der Waals surface area contributed by atoms with E-state index in [-0.39, 0.29) is 23.7 Å². The molecule has 0 fully saturated rings. The molecular formula is C18H15N5O2. The molecule has 2 heterocycles. The van der Waals surface area contributed by atoms with Gasteiger partial charge >= 0.3 is 0 Å². The first kappa shape index (κ1) is 15.1. The van der Waals surface area contributed by atoms with Crippen molar-refractivity contribution in [3.05, 3.63) is 69.9 Å². The van der Waals surface area contributed by atoms with Crippen LogP contribution in [0.25, 0.3) is 21.8 Å². The van der Waals surface area contributed by atoms with Crippen LogP contribution in [0.4, 0.5) is 0 Å². The molecule has 0 atom stereocenters. The number of benzene rings is 2.